The molecule has 0 spiro atoms. The topological polar surface area (TPSA) is 118 Å². The molecule has 3 aromatic heterocycles. The highest BCUT2D eigenvalue weighted by atomic mass is 16.2. The first-order chi connectivity index (χ1) is 14.5. The second-order valence-electron chi connectivity index (χ2n) is 7.77. The number of anilines is 2. The molecule has 0 aliphatic heterocycles. The van der Waals surface area contributed by atoms with Crippen molar-refractivity contribution in [2.24, 2.45) is 11.8 Å². The second-order valence-corrected chi connectivity index (χ2v) is 7.77. The van der Waals surface area contributed by atoms with E-state index in [4.69, 9.17) is 11.0 Å². The van der Waals surface area contributed by atoms with Crippen LogP contribution in [0.2, 0.25) is 0 Å². The molecule has 2 atom stereocenters. The fourth-order valence-corrected chi connectivity index (χ4v) is 4.00. The fourth-order valence-electron chi connectivity index (χ4n) is 4.00. The predicted molar refractivity (Wildman–Crippen MR) is 116 cm³/mol. The summed E-state index contributed by atoms with van der Waals surface area (Å²) in [6.07, 6.45) is 8.09. The summed E-state index contributed by atoms with van der Waals surface area (Å²) in [5.41, 5.74) is 10.1. The summed E-state index contributed by atoms with van der Waals surface area (Å²) < 4.78 is 0. The summed E-state index contributed by atoms with van der Waals surface area (Å²) in [6.45, 7) is 4.10. The first-order valence-electron chi connectivity index (χ1n) is 10.2. The van der Waals surface area contributed by atoms with E-state index in [0.717, 1.165) is 52.4 Å². The van der Waals surface area contributed by atoms with E-state index >= 15 is 0 Å². The molecule has 4 rings (SSSR count). The van der Waals surface area contributed by atoms with Gasteiger partial charge in [-0.15, -0.1) is 0 Å². The van der Waals surface area contributed by atoms with Crippen LogP contribution in [0.4, 0.5) is 11.6 Å². The highest BCUT2D eigenvalue weighted by Crippen LogP contribution is 2.42. The summed E-state index contributed by atoms with van der Waals surface area (Å²) in [5, 5.41) is 13.4. The number of hydrogen-bond donors (Lipinski definition) is 2. The van der Waals surface area contributed by atoms with E-state index in [1.807, 2.05) is 19.1 Å². The molecule has 7 heteroatoms. The highest BCUT2D eigenvalue weighted by Gasteiger charge is 2.42. The minimum Gasteiger partial charge on any atom is -0.383 e. The monoisotopic (exact) mass is 400 g/mol. The maximum Gasteiger partial charge on any atom is 0.228 e. The average molecular weight is 400 g/mol. The minimum atomic E-state index is -0.0341. The zero-order valence-corrected chi connectivity index (χ0v) is 17.1. The number of nitrogens with zero attached hydrogens (tertiary/aromatic N) is 4. The van der Waals surface area contributed by atoms with Crippen molar-refractivity contribution in [2.75, 3.05) is 11.1 Å². The Labute approximate surface area is 175 Å². The lowest BCUT2D eigenvalue weighted by Gasteiger charge is -2.15. The maximum atomic E-state index is 12.6. The van der Waals surface area contributed by atoms with Gasteiger partial charge >= 0.3 is 0 Å². The van der Waals surface area contributed by atoms with Crippen molar-refractivity contribution in [2.45, 2.75) is 39.5 Å². The summed E-state index contributed by atoms with van der Waals surface area (Å²) in [5.74, 6) is 1.15. The standard InChI is InChI=1S/C23H24N6O/c1-3-15-17-10-20(28-23(30)16-9-14(16)5-4-7-24)27-12-19(17)22(25)29-21(15)18-11-26-8-6-13(18)2/h6,8,10-12,14,16H,3-5,9H2,1-2H3,(H2,25,29)(H,27,28,30)/t14-,16-/m0/s1. The Balaban J connectivity index is 1.69. The van der Waals surface area contributed by atoms with E-state index in [0.29, 0.717) is 24.0 Å². The van der Waals surface area contributed by atoms with Gasteiger partial charge in [0.05, 0.1) is 11.8 Å². The molecule has 1 fully saturated rings. The Bertz CT molecular complexity index is 1170. The van der Waals surface area contributed by atoms with Gasteiger partial charge in [-0.1, -0.05) is 6.92 Å². The molecular formula is C23H24N6O. The third-order valence-corrected chi connectivity index (χ3v) is 5.81. The number of aromatic nitrogens is 3. The quantitative estimate of drug-likeness (QED) is 0.645. The molecular weight excluding hydrogens is 376 g/mol. The summed E-state index contributed by atoms with van der Waals surface area (Å²) in [4.78, 5) is 25.8. The zero-order valence-electron chi connectivity index (χ0n) is 17.1. The lowest BCUT2D eigenvalue weighted by molar-refractivity contribution is -0.117. The largest absolute Gasteiger partial charge is 0.383 e. The molecule has 7 nitrogen and oxygen atoms in total. The number of nitriles is 1. The number of pyridine rings is 3. The van der Waals surface area contributed by atoms with Gasteiger partial charge in [0.1, 0.15) is 11.6 Å². The van der Waals surface area contributed by atoms with Gasteiger partial charge in [0.15, 0.2) is 0 Å². The molecule has 0 bridgehead atoms. The van der Waals surface area contributed by atoms with Crippen LogP contribution in [0.5, 0.6) is 0 Å². The molecule has 3 heterocycles. The van der Waals surface area contributed by atoms with Crippen LogP contribution < -0.4 is 11.1 Å². The van der Waals surface area contributed by atoms with E-state index in [1.54, 1.807) is 18.6 Å². The van der Waals surface area contributed by atoms with Crippen molar-refractivity contribution in [3.8, 4) is 17.3 Å². The van der Waals surface area contributed by atoms with Crippen LogP contribution in [-0.2, 0) is 11.2 Å². The number of carbonyl (C=O) groups is 1. The molecule has 1 saturated carbocycles. The number of aryl methyl sites for hydroxylation is 2. The third-order valence-electron chi connectivity index (χ3n) is 5.81. The second kappa shape index (κ2) is 8.07. The van der Waals surface area contributed by atoms with Crippen LogP contribution in [0.1, 0.15) is 37.3 Å². The van der Waals surface area contributed by atoms with Gasteiger partial charge in [-0.25, -0.2) is 9.97 Å². The number of nitrogens with one attached hydrogen (secondary N) is 1. The molecule has 152 valence electrons. The van der Waals surface area contributed by atoms with Gasteiger partial charge in [-0.2, -0.15) is 5.26 Å². The number of amides is 1. The highest BCUT2D eigenvalue weighted by molar-refractivity contribution is 6.00. The first kappa shape index (κ1) is 19.8. The normalized spacial score (nSPS) is 17.5. The summed E-state index contributed by atoms with van der Waals surface area (Å²) in [6, 6.07) is 5.98. The van der Waals surface area contributed by atoms with Crippen LogP contribution in [0.25, 0.3) is 22.0 Å². The third kappa shape index (κ3) is 3.69. The molecule has 30 heavy (non-hydrogen) atoms. The number of rotatable bonds is 6. The fraction of sp³-hybridized carbons (Fsp3) is 0.348. The molecule has 1 amide bonds. The number of hydrogen-bond acceptors (Lipinski definition) is 6. The van der Waals surface area contributed by atoms with E-state index < -0.39 is 0 Å². The van der Waals surface area contributed by atoms with Gasteiger partial charge < -0.3 is 11.1 Å². The summed E-state index contributed by atoms with van der Waals surface area (Å²) in [7, 11) is 0. The smallest absolute Gasteiger partial charge is 0.228 e. The molecule has 0 radical (unpaired) electrons. The SMILES string of the molecule is CCc1c(-c2cnccc2C)nc(N)c2cnc(NC(=O)[C@H]3C[C@@H]3CCC#N)cc12. The minimum absolute atomic E-state index is 0.0300. The number of nitrogens with two attached hydrogens (primary N) is 1. The van der Waals surface area contributed by atoms with Crippen LogP contribution in [0.3, 0.4) is 0 Å². The molecule has 1 aliphatic carbocycles. The first-order valence-corrected chi connectivity index (χ1v) is 10.2. The lowest BCUT2D eigenvalue weighted by atomic mass is 9.97. The number of carbonyl (C=O) groups excluding carboxylic acids is 1. The van der Waals surface area contributed by atoms with Gasteiger partial charge in [0.2, 0.25) is 5.91 Å². The van der Waals surface area contributed by atoms with Crippen LogP contribution >= 0.6 is 0 Å². The van der Waals surface area contributed by atoms with Crippen LogP contribution in [0.15, 0.2) is 30.7 Å². The molecule has 0 aromatic carbocycles. The van der Waals surface area contributed by atoms with E-state index in [2.05, 4.69) is 33.3 Å². The molecule has 1 aliphatic rings. The van der Waals surface area contributed by atoms with Crippen molar-refractivity contribution in [1.29, 1.82) is 5.26 Å². The molecule has 3 aromatic rings. The van der Waals surface area contributed by atoms with E-state index in [-0.39, 0.29) is 11.8 Å². The Hall–Kier alpha value is -3.53. The molecule has 3 N–H and O–H groups in total. The summed E-state index contributed by atoms with van der Waals surface area (Å²) >= 11 is 0. The van der Waals surface area contributed by atoms with Gasteiger partial charge in [-0.05, 0) is 60.7 Å². The van der Waals surface area contributed by atoms with E-state index in [1.165, 1.54) is 0 Å². The van der Waals surface area contributed by atoms with Crippen LogP contribution in [0, 0.1) is 30.1 Å². The Kier molecular flexibility index (Phi) is 5.32. The van der Waals surface area contributed by atoms with Crippen LogP contribution in [-0.4, -0.2) is 20.9 Å². The zero-order chi connectivity index (χ0) is 21.3. The average Bonchev–Trinajstić information content (AvgIpc) is 3.52. The number of fused-ring (bicyclic) bond motifs is 1. The van der Waals surface area contributed by atoms with Crippen molar-refractivity contribution >= 4 is 28.3 Å². The Morgan fingerprint density at radius 1 is 1.37 bits per heavy atom. The number of nitrogen functional groups attached to an aromatic ring is 1. The van der Waals surface area contributed by atoms with Crippen molar-refractivity contribution in [1.82, 2.24) is 15.0 Å². The van der Waals surface area contributed by atoms with E-state index in [9.17, 15) is 4.79 Å². The van der Waals surface area contributed by atoms with Gasteiger partial charge in [-0.3, -0.25) is 9.78 Å². The van der Waals surface area contributed by atoms with Crippen molar-refractivity contribution in [3.05, 3.63) is 41.9 Å². The Morgan fingerprint density at radius 2 is 2.20 bits per heavy atom. The predicted octanol–water partition coefficient (Wildman–Crippen LogP) is 4.02. The maximum absolute atomic E-state index is 12.6. The lowest BCUT2D eigenvalue weighted by Crippen LogP contribution is -2.16. The van der Waals surface area contributed by atoms with Crippen molar-refractivity contribution < 1.29 is 4.79 Å². The van der Waals surface area contributed by atoms with Gasteiger partial charge in [0.25, 0.3) is 0 Å². The van der Waals surface area contributed by atoms with Crippen molar-refractivity contribution in [3.63, 3.8) is 0 Å². The Morgan fingerprint density at radius 3 is 2.93 bits per heavy atom. The molecule has 0 unspecified atom stereocenters. The molecule has 0 saturated heterocycles. The van der Waals surface area contributed by atoms with Gasteiger partial charge in [0, 0.05) is 41.9 Å².